The first-order valence-corrected chi connectivity index (χ1v) is 12.3. The molecule has 0 fully saturated rings. The van der Waals surface area contributed by atoms with E-state index in [1.54, 1.807) is 35.9 Å². The van der Waals surface area contributed by atoms with Gasteiger partial charge < -0.3 is 5.21 Å². The third kappa shape index (κ3) is 4.27. The van der Waals surface area contributed by atoms with Gasteiger partial charge in [-0.25, -0.2) is 13.1 Å². The van der Waals surface area contributed by atoms with E-state index < -0.39 is 9.84 Å². The van der Waals surface area contributed by atoms with Crippen molar-refractivity contribution in [1.29, 1.82) is 0 Å². The lowest BCUT2D eigenvalue weighted by Gasteiger charge is -2.08. The summed E-state index contributed by atoms with van der Waals surface area (Å²) in [7, 11) is -3.30. The van der Waals surface area contributed by atoms with Gasteiger partial charge in [-0.15, -0.1) is 11.3 Å². The van der Waals surface area contributed by atoms with E-state index in [9.17, 15) is 13.6 Å². The molecule has 0 radical (unpaired) electrons. The molecule has 6 nitrogen and oxygen atoms in total. The van der Waals surface area contributed by atoms with E-state index in [0.717, 1.165) is 21.0 Å². The van der Waals surface area contributed by atoms with E-state index in [1.807, 2.05) is 42.5 Å². The Morgan fingerprint density at radius 3 is 2.52 bits per heavy atom. The highest BCUT2D eigenvalue weighted by Gasteiger charge is 2.18. The van der Waals surface area contributed by atoms with E-state index in [2.05, 4.69) is 10.3 Å². The summed E-state index contributed by atoms with van der Waals surface area (Å²) in [6.45, 7) is 1.67. The van der Waals surface area contributed by atoms with Gasteiger partial charge in [-0.1, -0.05) is 41.0 Å². The van der Waals surface area contributed by atoms with Crippen LogP contribution in [0.4, 0.5) is 0 Å². The fraction of sp³-hybridized carbons (Fsp3) is 0.0909. The summed E-state index contributed by atoms with van der Waals surface area (Å²) in [4.78, 5) is 2.10. The summed E-state index contributed by atoms with van der Waals surface area (Å²) >= 11 is 7.91. The fourth-order valence-electron chi connectivity index (χ4n) is 3.10. The molecular formula is C22H18ClN3O3S2. The van der Waals surface area contributed by atoms with Gasteiger partial charge in [0.25, 0.3) is 0 Å². The number of hydrogen-bond acceptors (Lipinski definition) is 6. The van der Waals surface area contributed by atoms with Crippen LogP contribution in [0.15, 0.2) is 76.8 Å². The Morgan fingerprint density at radius 1 is 1.06 bits per heavy atom. The molecule has 0 aliphatic rings. The normalized spacial score (nSPS) is 12.3. The van der Waals surface area contributed by atoms with Gasteiger partial charge >= 0.3 is 0 Å². The van der Waals surface area contributed by atoms with Crippen LogP contribution in [-0.2, 0) is 9.84 Å². The Bertz CT molecular complexity index is 1400. The maximum Gasteiger partial charge on any atom is 0.175 e. The highest BCUT2D eigenvalue weighted by atomic mass is 35.5. The van der Waals surface area contributed by atoms with Gasteiger partial charge in [0.05, 0.1) is 26.2 Å². The smallest absolute Gasteiger partial charge is 0.175 e. The molecule has 0 spiro atoms. The number of aromatic nitrogens is 2. The highest BCUT2D eigenvalue weighted by molar-refractivity contribution is 7.90. The number of rotatable bonds is 5. The van der Waals surface area contributed by atoms with Gasteiger partial charge in [0, 0.05) is 11.1 Å². The molecule has 0 saturated carbocycles. The topological polar surface area (TPSA) is 84.5 Å². The van der Waals surface area contributed by atoms with E-state index >= 15 is 0 Å². The average molecular weight is 472 g/mol. The van der Waals surface area contributed by atoms with Crippen LogP contribution in [0.2, 0.25) is 5.02 Å². The Kier molecular flexibility index (Phi) is 5.70. The molecule has 31 heavy (non-hydrogen) atoms. The average Bonchev–Trinajstić information content (AvgIpc) is 3.40. The summed E-state index contributed by atoms with van der Waals surface area (Å²) in [5.74, 6) is 0. The molecule has 158 valence electrons. The minimum atomic E-state index is -3.30. The zero-order chi connectivity index (χ0) is 22.2. The lowest BCUT2D eigenvalue weighted by Crippen LogP contribution is -2.02. The summed E-state index contributed by atoms with van der Waals surface area (Å²) in [6, 6.07) is 20.0. The predicted molar refractivity (Wildman–Crippen MR) is 124 cm³/mol. The Hall–Kier alpha value is -2.94. The van der Waals surface area contributed by atoms with Crippen molar-refractivity contribution in [2.24, 2.45) is 5.16 Å². The van der Waals surface area contributed by atoms with Crippen molar-refractivity contribution in [2.45, 2.75) is 11.8 Å². The predicted octanol–water partition coefficient (Wildman–Crippen LogP) is 5.52. The largest absolute Gasteiger partial charge is 0.411 e. The van der Waals surface area contributed by atoms with Crippen LogP contribution >= 0.6 is 22.9 Å². The van der Waals surface area contributed by atoms with Crippen molar-refractivity contribution < 1.29 is 13.6 Å². The second kappa shape index (κ2) is 8.30. The Labute approximate surface area is 189 Å². The van der Waals surface area contributed by atoms with Crippen molar-refractivity contribution >= 4 is 38.5 Å². The molecule has 4 aromatic rings. The first-order valence-electron chi connectivity index (χ1n) is 9.22. The molecular weight excluding hydrogens is 454 g/mol. The number of sulfone groups is 1. The van der Waals surface area contributed by atoms with Crippen molar-refractivity contribution in [1.82, 2.24) is 9.78 Å². The minimum Gasteiger partial charge on any atom is -0.411 e. The summed E-state index contributed by atoms with van der Waals surface area (Å²) in [5, 5.41) is 17.6. The minimum absolute atomic E-state index is 0.276. The van der Waals surface area contributed by atoms with Crippen molar-refractivity contribution in [2.75, 3.05) is 6.26 Å². The maximum atomic E-state index is 11.9. The van der Waals surface area contributed by atoms with E-state index in [-0.39, 0.29) is 4.90 Å². The second-order valence-corrected chi connectivity index (χ2v) is 10.4. The monoisotopic (exact) mass is 471 g/mol. The SMILES string of the molecule is C/C(=N/O)c1cc(-c2ccc(-c3cccc(S(C)(=O)=O)c3)s2)n(-c2ccccc2Cl)n1. The van der Waals surface area contributed by atoms with Crippen LogP contribution in [0, 0.1) is 0 Å². The molecule has 0 amide bonds. The van der Waals surface area contributed by atoms with Gasteiger partial charge in [0.1, 0.15) is 11.4 Å². The van der Waals surface area contributed by atoms with E-state index in [0.29, 0.717) is 22.1 Å². The van der Waals surface area contributed by atoms with Crippen LogP contribution in [0.3, 0.4) is 0 Å². The number of nitrogens with zero attached hydrogens (tertiary/aromatic N) is 3. The first kappa shape index (κ1) is 21.3. The van der Waals surface area contributed by atoms with Gasteiger partial charge in [0.2, 0.25) is 0 Å². The Balaban J connectivity index is 1.84. The third-order valence-electron chi connectivity index (χ3n) is 4.72. The van der Waals surface area contributed by atoms with Gasteiger partial charge in [-0.2, -0.15) is 5.10 Å². The number of oxime groups is 1. The lowest BCUT2D eigenvalue weighted by atomic mass is 10.2. The molecule has 4 rings (SSSR count). The highest BCUT2D eigenvalue weighted by Crippen LogP contribution is 2.37. The van der Waals surface area contributed by atoms with Crippen LogP contribution < -0.4 is 0 Å². The van der Waals surface area contributed by atoms with Crippen molar-refractivity contribution in [3.8, 4) is 26.7 Å². The molecule has 0 aliphatic carbocycles. The summed E-state index contributed by atoms with van der Waals surface area (Å²) in [6.07, 6.45) is 1.20. The Morgan fingerprint density at radius 2 is 1.81 bits per heavy atom. The molecule has 2 heterocycles. The molecule has 1 N–H and O–H groups in total. The molecule has 0 saturated heterocycles. The number of para-hydroxylation sites is 1. The van der Waals surface area contributed by atoms with E-state index in [4.69, 9.17) is 11.6 Å². The standard InChI is InChI=1S/C22H18ClN3O3S2/c1-14(25-27)18-13-20(26(24-18)19-9-4-3-8-17(19)23)22-11-10-21(30-22)15-6-5-7-16(12-15)31(2,28)29/h3-13,27H,1-2H3/b25-14-. The number of hydrogen-bond donors (Lipinski definition) is 1. The molecule has 2 aromatic carbocycles. The molecule has 2 aromatic heterocycles. The lowest BCUT2D eigenvalue weighted by molar-refractivity contribution is 0.319. The third-order valence-corrected chi connectivity index (χ3v) is 7.30. The molecule has 0 bridgehead atoms. The zero-order valence-corrected chi connectivity index (χ0v) is 19.0. The molecule has 0 unspecified atom stereocenters. The fourth-order valence-corrected chi connectivity index (χ4v) is 4.99. The quantitative estimate of drug-likeness (QED) is 0.236. The first-order chi connectivity index (χ1) is 14.8. The van der Waals surface area contributed by atoms with Crippen LogP contribution in [-0.4, -0.2) is 35.4 Å². The van der Waals surface area contributed by atoms with Gasteiger partial charge in [0.15, 0.2) is 9.84 Å². The zero-order valence-electron chi connectivity index (χ0n) is 16.7. The number of halogens is 1. The van der Waals surface area contributed by atoms with Crippen molar-refractivity contribution in [3.63, 3.8) is 0 Å². The van der Waals surface area contributed by atoms with Crippen LogP contribution in [0.1, 0.15) is 12.6 Å². The summed E-state index contributed by atoms with van der Waals surface area (Å²) in [5.41, 5.74) is 3.19. The van der Waals surface area contributed by atoms with E-state index in [1.165, 1.54) is 17.6 Å². The van der Waals surface area contributed by atoms with Crippen LogP contribution in [0.25, 0.3) is 26.7 Å². The van der Waals surface area contributed by atoms with Gasteiger partial charge in [-0.05, 0) is 55.0 Å². The number of thiophene rings is 1. The van der Waals surface area contributed by atoms with Crippen molar-refractivity contribution in [3.05, 3.63) is 77.4 Å². The molecule has 0 atom stereocenters. The number of benzene rings is 2. The molecule has 9 heteroatoms. The summed E-state index contributed by atoms with van der Waals surface area (Å²) < 4.78 is 25.6. The molecule has 0 aliphatic heterocycles. The maximum absolute atomic E-state index is 11.9. The second-order valence-electron chi connectivity index (χ2n) is 6.93. The van der Waals surface area contributed by atoms with Crippen LogP contribution in [0.5, 0.6) is 0 Å². The van der Waals surface area contributed by atoms with Gasteiger partial charge in [-0.3, -0.25) is 0 Å².